The summed E-state index contributed by atoms with van der Waals surface area (Å²) in [5.41, 5.74) is 1.72. The number of nitrogens with zero attached hydrogens (tertiary/aromatic N) is 3. The van der Waals surface area contributed by atoms with Gasteiger partial charge in [-0.25, -0.2) is 0 Å². The second kappa shape index (κ2) is 8.79. The number of hydrogen-bond acceptors (Lipinski definition) is 5. The van der Waals surface area contributed by atoms with Crippen molar-refractivity contribution in [2.24, 2.45) is 10.2 Å². The van der Waals surface area contributed by atoms with Gasteiger partial charge in [-0.05, 0) is 55.3 Å². The van der Waals surface area contributed by atoms with Crippen molar-refractivity contribution in [1.82, 2.24) is 4.90 Å². The molecule has 9 heteroatoms. The van der Waals surface area contributed by atoms with Crippen LogP contribution in [0, 0.1) is 0 Å². The second-order valence-corrected chi connectivity index (χ2v) is 8.51. The monoisotopic (exact) mass is 478 g/mol. The van der Waals surface area contributed by atoms with Crippen LogP contribution in [0.1, 0.15) is 24.8 Å². The second-order valence-electron chi connectivity index (χ2n) is 7.64. The fourth-order valence-electron chi connectivity index (χ4n) is 4.30. The zero-order chi connectivity index (χ0) is 20.7. The Bertz CT molecular complexity index is 1060. The molecule has 1 atom stereocenters. The summed E-state index contributed by atoms with van der Waals surface area (Å²) < 4.78 is 5.99. The molecule has 0 saturated carbocycles. The Labute approximate surface area is 196 Å². The van der Waals surface area contributed by atoms with Crippen LogP contribution < -0.4 is 10.1 Å². The Balaban J connectivity index is 0.00000231. The molecule has 3 aliphatic rings. The molecular weight excluding hydrogens is 459 g/mol. The number of azo groups is 1. The molecule has 0 aromatic heterocycles. The van der Waals surface area contributed by atoms with Crippen LogP contribution in [0.2, 0.25) is 10.0 Å². The number of carbonyl (C=O) groups is 1. The molecule has 0 radical (unpaired) electrons. The van der Waals surface area contributed by atoms with Crippen molar-refractivity contribution in [1.29, 1.82) is 0 Å². The fourth-order valence-corrected chi connectivity index (χ4v) is 4.59. The van der Waals surface area contributed by atoms with E-state index in [0.29, 0.717) is 27.2 Å². The molecule has 0 bridgehead atoms. The smallest absolute Gasteiger partial charge is 0.274 e. The highest BCUT2D eigenvalue weighted by Crippen LogP contribution is 2.47. The lowest BCUT2D eigenvalue weighted by molar-refractivity contribution is -0.126. The zero-order valence-corrected chi connectivity index (χ0v) is 18.9. The molecule has 1 amide bonds. The summed E-state index contributed by atoms with van der Waals surface area (Å²) in [7, 11) is 0. The number of benzene rings is 2. The molecule has 3 heterocycles. The van der Waals surface area contributed by atoms with Crippen LogP contribution in [0.15, 0.2) is 58.3 Å². The Hall–Kier alpha value is -2.12. The molecule has 5 rings (SSSR count). The lowest BCUT2D eigenvalue weighted by Gasteiger charge is -2.40. The molecule has 0 aliphatic carbocycles. The highest BCUT2D eigenvalue weighted by atomic mass is 35.5. The van der Waals surface area contributed by atoms with E-state index >= 15 is 0 Å². The molecule has 1 N–H and O–H groups in total. The number of halogens is 3. The van der Waals surface area contributed by atoms with Gasteiger partial charge >= 0.3 is 0 Å². The van der Waals surface area contributed by atoms with Gasteiger partial charge in [0.25, 0.3) is 5.91 Å². The number of hydrogen-bond donors (Lipinski definition) is 1. The van der Waals surface area contributed by atoms with Crippen LogP contribution >= 0.6 is 35.6 Å². The fraction of sp³-hybridized carbons (Fsp3) is 0.318. The molecule has 6 nitrogen and oxygen atoms in total. The van der Waals surface area contributed by atoms with Crippen LogP contribution in [0.5, 0.6) is 5.75 Å². The van der Waals surface area contributed by atoms with Gasteiger partial charge in [0, 0.05) is 40.0 Å². The number of piperidine rings is 1. The van der Waals surface area contributed by atoms with E-state index in [4.69, 9.17) is 27.9 Å². The van der Waals surface area contributed by atoms with E-state index in [1.807, 2.05) is 6.07 Å². The Morgan fingerprint density at radius 1 is 1.03 bits per heavy atom. The van der Waals surface area contributed by atoms with E-state index in [2.05, 4.69) is 20.4 Å². The molecule has 31 heavy (non-hydrogen) atoms. The van der Waals surface area contributed by atoms with Gasteiger partial charge in [0.15, 0.2) is 0 Å². The topological polar surface area (TPSA) is 66.3 Å². The van der Waals surface area contributed by atoms with Gasteiger partial charge in [0.2, 0.25) is 5.66 Å². The van der Waals surface area contributed by atoms with E-state index < -0.39 is 5.66 Å². The van der Waals surface area contributed by atoms with Crippen molar-refractivity contribution >= 4 is 52.9 Å². The average molecular weight is 480 g/mol. The molecule has 1 unspecified atom stereocenters. The van der Waals surface area contributed by atoms with Gasteiger partial charge in [0.1, 0.15) is 18.1 Å². The number of nitrogens with one attached hydrogen (secondary N) is 1. The first-order valence-electron chi connectivity index (χ1n) is 9.99. The van der Waals surface area contributed by atoms with Gasteiger partial charge in [-0.1, -0.05) is 29.6 Å². The summed E-state index contributed by atoms with van der Waals surface area (Å²) in [5, 5.41) is 13.3. The summed E-state index contributed by atoms with van der Waals surface area (Å²) in [4.78, 5) is 15.8. The highest BCUT2D eigenvalue weighted by Gasteiger charge is 2.54. The Kier molecular flexibility index (Phi) is 6.26. The minimum atomic E-state index is -1.22. The van der Waals surface area contributed by atoms with Crippen LogP contribution in [-0.4, -0.2) is 36.2 Å². The van der Waals surface area contributed by atoms with Crippen LogP contribution in [0.25, 0.3) is 5.70 Å². The number of anilines is 1. The van der Waals surface area contributed by atoms with Gasteiger partial charge in [-0.2, -0.15) is 10.2 Å². The third-order valence-electron chi connectivity index (χ3n) is 5.80. The number of amides is 1. The normalized spacial score (nSPS) is 22.3. The van der Waals surface area contributed by atoms with E-state index in [1.54, 1.807) is 36.4 Å². The Morgan fingerprint density at radius 2 is 1.74 bits per heavy atom. The van der Waals surface area contributed by atoms with E-state index in [0.717, 1.165) is 43.5 Å². The van der Waals surface area contributed by atoms with Gasteiger partial charge in [-0.3, -0.25) is 9.69 Å². The summed E-state index contributed by atoms with van der Waals surface area (Å²) in [6, 6.07) is 12.5. The van der Waals surface area contributed by atoms with E-state index in [1.165, 1.54) is 0 Å². The minimum Gasteiger partial charge on any atom is -0.488 e. The van der Waals surface area contributed by atoms with Crippen LogP contribution in [0.4, 0.5) is 5.69 Å². The molecule has 1 fully saturated rings. The Morgan fingerprint density at radius 3 is 2.48 bits per heavy atom. The number of fused-ring (bicyclic) bond motifs is 2. The van der Waals surface area contributed by atoms with E-state index in [-0.39, 0.29) is 24.9 Å². The summed E-state index contributed by atoms with van der Waals surface area (Å²) in [6.07, 6.45) is 3.18. The maximum atomic E-state index is 13.7. The number of rotatable bonds is 3. The van der Waals surface area contributed by atoms with Gasteiger partial charge in [-0.15, -0.1) is 12.4 Å². The number of ether oxygens (including phenoxy) is 1. The molecular formula is C22H21Cl3N4O2. The first kappa shape index (κ1) is 22.1. The third kappa shape index (κ3) is 3.82. The lowest BCUT2D eigenvalue weighted by atomic mass is 9.90. The van der Waals surface area contributed by atoms with Crippen molar-refractivity contribution in [2.45, 2.75) is 24.9 Å². The maximum Gasteiger partial charge on any atom is 0.274 e. The lowest BCUT2D eigenvalue weighted by Crippen LogP contribution is -2.58. The first-order chi connectivity index (χ1) is 14.6. The van der Waals surface area contributed by atoms with Crippen LogP contribution in [0.3, 0.4) is 0 Å². The number of likely N-dealkylation sites (tertiary alicyclic amines) is 1. The highest BCUT2D eigenvalue weighted by molar-refractivity contribution is 6.31. The number of carbonyl (C=O) groups excluding carboxylic acids is 1. The quantitative estimate of drug-likeness (QED) is 0.604. The molecule has 2 aromatic carbocycles. The molecule has 0 spiro atoms. The molecule has 162 valence electrons. The van der Waals surface area contributed by atoms with Gasteiger partial charge < -0.3 is 10.1 Å². The predicted octanol–water partition coefficient (Wildman–Crippen LogP) is 5.81. The molecule has 3 aliphatic heterocycles. The summed E-state index contributed by atoms with van der Waals surface area (Å²) in [6.45, 7) is 1.79. The predicted molar refractivity (Wildman–Crippen MR) is 124 cm³/mol. The minimum absolute atomic E-state index is 0. The van der Waals surface area contributed by atoms with Crippen molar-refractivity contribution in [2.75, 3.05) is 25.0 Å². The summed E-state index contributed by atoms with van der Waals surface area (Å²) in [5.74, 6) is 0.425. The standard InChI is InChI=1S/C22H20Cl2N4O2.ClH/c23-14-4-7-16(8-5-14)25-21(29)22(28-10-2-1-3-11-28)18-13-30-19-12-15(24)6-9-17(19)20(18)26-27-22;/h4-9,12H,1-3,10-11,13H2,(H,25,29);1H. The van der Waals surface area contributed by atoms with Crippen molar-refractivity contribution in [3.63, 3.8) is 0 Å². The van der Waals surface area contributed by atoms with Crippen molar-refractivity contribution in [3.8, 4) is 5.75 Å². The van der Waals surface area contributed by atoms with Crippen molar-refractivity contribution in [3.05, 3.63) is 63.6 Å². The largest absolute Gasteiger partial charge is 0.488 e. The third-order valence-corrected chi connectivity index (χ3v) is 6.29. The van der Waals surface area contributed by atoms with E-state index in [9.17, 15) is 4.79 Å². The molecule has 2 aromatic rings. The molecule has 1 saturated heterocycles. The summed E-state index contributed by atoms with van der Waals surface area (Å²) >= 11 is 12.1. The van der Waals surface area contributed by atoms with Gasteiger partial charge in [0.05, 0.1) is 0 Å². The first-order valence-corrected chi connectivity index (χ1v) is 10.7. The van der Waals surface area contributed by atoms with Crippen molar-refractivity contribution < 1.29 is 9.53 Å². The van der Waals surface area contributed by atoms with Crippen LogP contribution in [-0.2, 0) is 4.79 Å². The maximum absolute atomic E-state index is 13.7. The SMILES string of the molecule is Cl.O=C(Nc1ccc(Cl)cc1)C1(N2CCCCC2)N=NC2=C1COc1cc(Cl)ccc12. The average Bonchev–Trinajstić information content (AvgIpc) is 3.17. The zero-order valence-electron chi connectivity index (χ0n) is 16.6.